The molecule has 2 heterocycles. The highest BCUT2D eigenvalue weighted by atomic mass is 19.3. The number of morpholine rings is 1. The fourth-order valence-corrected chi connectivity index (χ4v) is 2.67. The molecule has 126 valence electrons. The van der Waals surface area contributed by atoms with E-state index in [0.29, 0.717) is 12.4 Å². The lowest BCUT2D eigenvalue weighted by atomic mass is 10.1. The number of hydrogen-bond acceptors (Lipinski definition) is 4. The summed E-state index contributed by atoms with van der Waals surface area (Å²) in [5, 5.41) is 0. The summed E-state index contributed by atoms with van der Waals surface area (Å²) in [6.45, 7) is 0.732. The molecule has 0 saturated carbocycles. The van der Waals surface area contributed by atoms with E-state index < -0.39 is 18.9 Å². The lowest BCUT2D eigenvalue weighted by molar-refractivity contribution is -0.0218. The Hall–Kier alpha value is -2.41. The van der Waals surface area contributed by atoms with Gasteiger partial charge in [0.05, 0.1) is 19.3 Å². The van der Waals surface area contributed by atoms with Gasteiger partial charge in [0.15, 0.2) is 5.82 Å². The van der Waals surface area contributed by atoms with E-state index in [4.69, 9.17) is 4.74 Å². The fourth-order valence-electron chi connectivity index (χ4n) is 2.67. The normalized spacial score (nSPS) is 18.0. The summed E-state index contributed by atoms with van der Waals surface area (Å²) < 4.78 is 30.7. The number of aromatic nitrogens is 2. The van der Waals surface area contributed by atoms with Gasteiger partial charge >= 0.3 is 0 Å². The van der Waals surface area contributed by atoms with Crippen molar-refractivity contribution in [3.05, 3.63) is 48.3 Å². The number of ether oxygens (including phenoxy) is 1. The maximum atomic E-state index is 12.7. The molecule has 7 heteroatoms. The number of carbonyl (C=O) groups excluding carboxylic acids is 1. The van der Waals surface area contributed by atoms with Crippen molar-refractivity contribution in [2.24, 2.45) is 0 Å². The molecule has 1 unspecified atom stereocenters. The molecule has 1 aromatic heterocycles. The quantitative estimate of drug-likeness (QED) is 0.863. The lowest BCUT2D eigenvalue weighted by Crippen LogP contribution is -2.49. The van der Waals surface area contributed by atoms with E-state index in [1.807, 2.05) is 30.3 Å². The Bertz CT molecular complexity index is 697. The molecule has 0 bridgehead atoms. The average molecular weight is 333 g/mol. The van der Waals surface area contributed by atoms with Crippen LogP contribution in [0.3, 0.4) is 0 Å². The van der Waals surface area contributed by atoms with Crippen LogP contribution in [0, 0.1) is 0 Å². The van der Waals surface area contributed by atoms with Crippen LogP contribution >= 0.6 is 0 Å². The number of nitrogens with zero attached hydrogens (tertiary/aromatic N) is 3. The summed E-state index contributed by atoms with van der Waals surface area (Å²) in [6, 6.07) is 10.1. The van der Waals surface area contributed by atoms with Crippen LogP contribution in [0.15, 0.2) is 42.6 Å². The van der Waals surface area contributed by atoms with E-state index in [2.05, 4.69) is 9.97 Å². The van der Waals surface area contributed by atoms with Crippen LogP contribution in [-0.2, 0) is 4.74 Å². The van der Waals surface area contributed by atoms with Crippen LogP contribution in [-0.4, -0.2) is 53.0 Å². The molecule has 0 aliphatic carbocycles. The van der Waals surface area contributed by atoms with Crippen LogP contribution in [0.1, 0.15) is 16.9 Å². The second-order valence-electron chi connectivity index (χ2n) is 5.49. The zero-order valence-electron chi connectivity index (χ0n) is 12.9. The number of rotatable bonds is 4. The Labute approximate surface area is 138 Å². The molecule has 1 atom stereocenters. The van der Waals surface area contributed by atoms with Gasteiger partial charge in [-0.15, -0.1) is 0 Å². The zero-order chi connectivity index (χ0) is 16.9. The Kier molecular flexibility index (Phi) is 5.10. The van der Waals surface area contributed by atoms with Gasteiger partial charge in [0.1, 0.15) is 5.69 Å². The summed E-state index contributed by atoms with van der Waals surface area (Å²) in [5.41, 5.74) is 0.989. The largest absolute Gasteiger partial charge is 0.377 e. The minimum atomic E-state index is -2.49. The molecule has 24 heavy (non-hydrogen) atoms. The molecule has 0 N–H and O–H groups in total. The molecule has 0 spiro atoms. The number of carbonyl (C=O) groups is 1. The molecule has 1 fully saturated rings. The van der Waals surface area contributed by atoms with Crippen molar-refractivity contribution in [1.29, 1.82) is 0 Å². The van der Waals surface area contributed by atoms with Gasteiger partial charge in [-0.05, 0) is 6.07 Å². The summed E-state index contributed by atoms with van der Waals surface area (Å²) >= 11 is 0. The standard InChI is InChI=1S/C17H17F2N3O2/c18-15(19)10-13-11-24-9-8-22(13)17(23)14-6-7-20-16(21-14)12-4-2-1-3-5-12/h1-7,13,15H,8-11H2. The average Bonchev–Trinajstić information content (AvgIpc) is 2.62. The van der Waals surface area contributed by atoms with Gasteiger partial charge in [0, 0.05) is 24.7 Å². The minimum Gasteiger partial charge on any atom is -0.377 e. The summed E-state index contributed by atoms with van der Waals surface area (Å²) in [7, 11) is 0. The van der Waals surface area contributed by atoms with Crippen LogP contribution in [0.4, 0.5) is 8.78 Å². The maximum Gasteiger partial charge on any atom is 0.273 e. The topological polar surface area (TPSA) is 55.3 Å². The number of amides is 1. The van der Waals surface area contributed by atoms with E-state index in [9.17, 15) is 13.6 Å². The van der Waals surface area contributed by atoms with Crippen molar-refractivity contribution in [3.8, 4) is 11.4 Å². The van der Waals surface area contributed by atoms with E-state index in [0.717, 1.165) is 5.56 Å². The van der Waals surface area contributed by atoms with Gasteiger partial charge in [-0.1, -0.05) is 30.3 Å². The molecular weight excluding hydrogens is 316 g/mol. The predicted molar refractivity (Wildman–Crippen MR) is 83.7 cm³/mol. The van der Waals surface area contributed by atoms with Crippen LogP contribution < -0.4 is 0 Å². The van der Waals surface area contributed by atoms with Crippen LogP contribution in [0.2, 0.25) is 0 Å². The highest BCUT2D eigenvalue weighted by Gasteiger charge is 2.31. The highest BCUT2D eigenvalue weighted by Crippen LogP contribution is 2.19. The maximum absolute atomic E-state index is 12.7. The fraction of sp³-hybridized carbons (Fsp3) is 0.353. The molecule has 2 aromatic rings. The number of hydrogen-bond donors (Lipinski definition) is 0. The van der Waals surface area contributed by atoms with E-state index in [-0.39, 0.29) is 24.8 Å². The SMILES string of the molecule is O=C(c1ccnc(-c2ccccc2)n1)N1CCOCC1CC(F)F. The third kappa shape index (κ3) is 3.73. The first-order valence-electron chi connectivity index (χ1n) is 7.70. The lowest BCUT2D eigenvalue weighted by Gasteiger charge is -2.35. The zero-order valence-corrected chi connectivity index (χ0v) is 12.9. The first-order valence-corrected chi connectivity index (χ1v) is 7.70. The molecule has 1 amide bonds. The Morgan fingerprint density at radius 3 is 2.83 bits per heavy atom. The number of halogens is 2. The predicted octanol–water partition coefficient (Wildman–Crippen LogP) is 2.64. The molecule has 1 aromatic carbocycles. The van der Waals surface area contributed by atoms with E-state index >= 15 is 0 Å². The Morgan fingerprint density at radius 1 is 1.29 bits per heavy atom. The third-order valence-electron chi connectivity index (χ3n) is 3.85. The monoisotopic (exact) mass is 333 g/mol. The Balaban J connectivity index is 1.84. The van der Waals surface area contributed by atoms with Gasteiger partial charge in [0.25, 0.3) is 5.91 Å². The molecule has 1 aliphatic rings. The molecule has 5 nitrogen and oxygen atoms in total. The van der Waals surface area contributed by atoms with Crippen molar-refractivity contribution in [3.63, 3.8) is 0 Å². The summed E-state index contributed by atoms with van der Waals surface area (Å²) in [5.74, 6) is 0.0589. The third-order valence-corrected chi connectivity index (χ3v) is 3.85. The second-order valence-corrected chi connectivity index (χ2v) is 5.49. The van der Waals surface area contributed by atoms with Crippen molar-refractivity contribution in [2.45, 2.75) is 18.9 Å². The van der Waals surface area contributed by atoms with Crippen molar-refractivity contribution in [2.75, 3.05) is 19.8 Å². The van der Waals surface area contributed by atoms with Gasteiger partial charge in [0.2, 0.25) is 6.43 Å². The highest BCUT2D eigenvalue weighted by molar-refractivity contribution is 5.93. The van der Waals surface area contributed by atoms with Gasteiger partial charge in [-0.2, -0.15) is 0 Å². The van der Waals surface area contributed by atoms with Gasteiger partial charge < -0.3 is 9.64 Å². The van der Waals surface area contributed by atoms with Crippen LogP contribution in [0.5, 0.6) is 0 Å². The van der Waals surface area contributed by atoms with Crippen molar-refractivity contribution >= 4 is 5.91 Å². The Morgan fingerprint density at radius 2 is 2.08 bits per heavy atom. The van der Waals surface area contributed by atoms with E-state index in [1.165, 1.54) is 17.2 Å². The molecule has 1 aliphatic heterocycles. The molecule has 0 radical (unpaired) electrons. The first-order chi connectivity index (χ1) is 11.6. The second kappa shape index (κ2) is 7.44. The summed E-state index contributed by atoms with van der Waals surface area (Å²) in [4.78, 5) is 22.6. The molecule has 1 saturated heterocycles. The molecule has 3 rings (SSSR count). The summed E-state index contributed by atoms with van der Waals surface area (Å²) in [6.07, 6.45) is -1.38. The minimum absolute atomic E-state index is 0.118. The number of alkyl halides is 2. The molecular formula is C17H17F2N3O2. The first kappa shape index (κ1) is 16.4. The smallest absolute Gasteiger partial charge is 0.273 e. The van der Waals surface area contributed by atoms with Gasteiger partial charge in [-0.3, -0.25) is 4.79 Å². The number of benzene rings is 1. The van der Waals surface area contributed by atoms with Crippen molar-refractivity contribution < 1.29 is 18.3 Å². The van der Waals surface area contributed by atoms with Gasteiger partial charge in [-0.25, -0.2) is 18.7 Å². The van der Waals surface area contributed by atoms with E-state index in [1.54, 1.807) is 0 Å². The van der Waals surface area contributed by atoms with Crippen LogP contribution in [0.25, 0.3) is 11.4 Å². The van der Waals surface area contributed by atoms with Crippen molar-refractivity contribution in [1.82, 2.24) is 14.9 Å².